The molecule has 0 saturated heterocycles. The van der Waals surface area contributed by atoms with E-state index in [1.54, 1.807) is 42.5 Å². The third-order valence-corrected chi connectivity index (χ3v) is 9.20. The van der Waals surface area contributed by atoms with Crippen molar-refractivity contribution in [1.82, 2.24) is 10.2 Å². The molecule has 0 unspecified atom stereocenters. The van der Waals surface area contributed by atoms with Gasteiger partial charge in [0.2, 0.25) is 21.8 Å². The molecule has 0 spiro atoms. The Bertz CT molecular complexity index is 1460. The van der Waals surface area contributed by atoms with Crippen LogP contribution in [0.3, 0.4) is 0 Å². The summed E-state index contributed by atoms with van der Waals surface area (Å²) in [6, 6.07) is 22.7. The van der Waals surface area contributed by atoms with E-state index in [2.05, 4.69) is 5.32 Å². The van der Waals surface area contributed by atoms with Crippen molar-refractivity contribution in [2.75, 3.05) is 17.1 Å². The topological polar surface area (TPSA) is 96.0 Å². The minimum absolute atomic E-state index is 0.0684. The van der Waals surface area contributed by atoms with Gasteiger partial charge < -0.3 is 15.0 Å². The van der Waals surface area contributed by atoms with Gasteiger partial charge in [-0.05, 0) is 60.7 Å². The average Bonchev–Trinajstić information content (AvgIpc) is 3.00. The first-order valence-corrected chi connectivity index (χ1v) is 17.0. The number of benzene rings is 3. The summed E-state index contributed by atoms with van der Waals surface area (Å²) in [6.07, 6.45) is 6.52. The summed E-state index contributed by atoms with van der Waals surface area (Å²) in [5.74, 6) is -0.167. The highest BCUT2D eigenvalue weighted by molar-refractivity contribution is 7.92. The van der Waals surface area contributed by atoms with Gasteiger partial charge in [0.05, 0.1) is 11.9 Å². The summed E-state index contributed by atoms with van der Waals surface area (Å²) in [5, 5.41) is 3.61. The molecule has 0 bridgehead atoms. The van der Waals surface area contributed by atoms with E-state index >= 15 is 0 Å². The molecule has 1 atom stereocenters. The van der Waals surface area contributed by atoms with Gasteiger partial charge in [0, 0.05) is 17.6 Å². The molecule has 43 heavy (non-hydrogen) atoms. The Morgan fingerprint density at radius 1 is 0.953 bits per heavy atom. The van der Waals surface area contributed by atoms with Gasteiger partial charge in [-0.25, -0.2) is 8.42 Å². The lowest BCUT2D eigenvalue weighted by atomic mass is 9.95. The number of ether oxygens (including phenoxy) is 1. The van der Waals surface area contributed by atoms with Gasteiger partial charge in [-0.1, -0.05) is 86.3 Å². The van der Waals surface area contributed by atoms with E-state index in [0.29, 0.717) is 35.1 Å². The van der Waals surface area contributed by atoms with E-state index in [1.807, 2.05) is 43.3 Å². The zero-order valence-corrected chi connectivity index (χ0v) is 26.3. The van der Waals surface area contributed by atoms with E-state index in [9.17, 15) is 18.0 Å². The fourth-order valence-corrected chi connectivity index (χ4v) is 6.38. The first kappa shape index (κ1) is 32.4. The minimum atomic E-state index is -3.85. The summed E-state index contributed by atoms with van der Waals surface area (Å²) in [7, 11) is -3.85. The molecule has 230 valence electrons. The first-order valence-electron chi connectivity index (χ1n) is 14.7. The van der Waals surface area contributed by atoms with Crippen LogP contribution in [-0.4, -0.2) is 50.0 Å². The number of hydrogen-bond donors (Lipinski definition) is 1. The first-order chi connectivity index (χ1) is 20.7. The van der Waals surface area contributed by atoms with Gasteiger partial charge in [0.25, 0.3) is 0 Å². The van der Waals surface area contributed by atoms with Crippen molar-refractivity contribution in [1.29, 1.82) is 0 Å². The number of hydrogen-bond acceptors (Lipinski definition) is 5. The number of carbonyl (C=O) groups is 2. The molecule has 1 fully saturated rings. The maximum absolute atomic E-state index is 14.0. The summed E-state index contributed by atoms with van der Waals surface area (Å²) >= 11 is 6.45. The predicted molar refractivity (Wildman–Crippen MR) is 171 cm³/mol. The normalized spacial score (nSPS) is 14.5. The van der Waals surface area contributed by atoms with Crippen molar-refractivity contribution >= 4 is 39.1 Å². The number of rotatable bonds is 13. The maximum Gasteiger partial charge on any atom is 0.244 e. The molecule has 0 heterocycles. The highest BCUT2D eigenvalue weighted by Gasteiger charge is 2.33. The number of nitrogens with zero attached hydrogens (tertiary/aromatic N) is 2. The second-order valence-corrected chi connectivity index (χ2v) is 13.2. The summed E-state index contributed by atoms with van der Waals surface area (Å²) in [5.41, 5.74) is 2.00. The molecular weight excluding hydrogens is 586 g/mol. The molecule has 1 aliphatic rings. The van der Waals surface area contributed by atoms with Crippen molar-refractivity contribution in [3.05, 3.63) is 95.0 Å². The van der Waals surface area contributed by atoms with Gasteiger partial charge in [-0.15, -0.1) is 0 Å². The number of halogens is 1. The van der Waals surface area contributed by atoms with Crippen LogP contribution in [0.1, 0.15) is 56.6 Å². The van der Waals surface area contributed by atoms with Crippen LogP contribution in [0.15, 0.2) is 78.9 Å². The second-order valence-electron chi connectivity index (χ2n) is 10.9. The van der Waals surface area contributed by atoms with Crippen LogP contribution in [0.5, 0.6) is 5.75 Å². The Kier molecular flexibility index (Phi) is 11.5. The molecule has 8 nitrogen and oxygen atoms in total. The third kappa shape index (κ3) is 9.21. The van der Waals surface area contributed by atoms with Crippen molar-refractivity contribution < 1.29 is 22.7 Å². The third-order valence-electron chi connectivity index (χ3n) is 7.69. The fraction of sp³-hybridized carbons (Fsp3) is 0.394. The van der Waals surface area contributed by atoms with Crippen LogP contribution in [0.25, 0.3) is 0 Å². The van der Waals surface area contributed by atoms with E-state index in [4.69, 9.17) is 16.3 Å². The molecule has 2 amide bonds. The van der Waals surface area contributed by atoms with Crippen LogP contribution in [0.4, 0.5) is 5.69 Å². The van der Waals surface area contributed by atoms with Crippen molar-refractivity contribution in [2.24, 2.45) is 0 Å². The molecule has 1 saturated carbocycles. The van der Waals surface area contributed by atoms with Gasteiger partial charge in [-0.2, -0.15) is 0 Å². The van der Waals surface area contributed by atoms with Crippen LogP contribution < -0.4 is 14.4 Å². The highest BCUT2D eigenvalue weighted by atomic mass is 35.5. The lowest BCUT2D eigenvalue weighted by molar-refractivity contribution is -0.140. The number of nitrogens with one attached hydrogen (secondary N) is 1. The SMILES string of the molecule is CC[C@H](C(=O)NC1CCCCC1)N(Cc1ccccc1Cl)C(=O)CN(c1ccc(OCc2ccccc2)cc1)S(C)(=O)=O. The summed E-state index contributed by atoms with van der Waals surface area (Å²) < 4.78 is 32.8. The number of sulfonamides is 1. The molecular formula is C33H40ClN3O5S. The van der Waals surface area contributed by atoms with Crippen LogP contribution >= 0.6 is 11.6 Å². The molecule has 4 rings (SSSR count). The monoisotopic (exact) mass is 625 g/mol. The van der Waals surface area contributed by atoms with Gasteiger partial charge in [0.15, 0.2) is 0 Å². The van der Waals surface area contributed by atoms with Crippen molar-refractivity contribution in [2.45, 2.75) is 70.7 Å². The van der Waals surface area contributed by atoms with Crippen molar-refractivity contribution in [3.63, 3.8) is 0 Å². The molecule has 10 heteroatoms. The number of carbonyl (C=O) groups excluding carboxylic acids is 2. The van der Waals surface area contributed by atoms with E-state index in [1.165, 1.54) is 4.90 Å². The maximum atomic E-state index is 14.0. The van der Waals surface area contributed by atoms with E-state index < -0.39 is 28.5 Å². The lowest BCUT2D eigenvalue weighted by Crippen LogP contribution is -2.54. The van der Waals surface area contributed by atoms with Gasteiger partial charge >= 0.3 is 0 Å². The van der Waals surface area contributed by atoms with Crippen LogP contribution in [0.2, 0.25) is 5.02 Å². The zero-order valence-electron chi connectivity index (χ0n) is 24.7. The predicted octanol–water partition coefficient (Wildman–Crippen LogP) is 5.94. The Balaban J connectivity index is 1.55. The lowest BCUT2D eigenvalue weighted by Gasteiger charge is -2.34. The zero-order chi connectivity index (χ0) is 30.8. The molecule has 3 aromatic rings. The smallest absolute Gasteiger partial charge is 0.244 e. The van der Waals surface area contributed by atoms with Crippen LogP contribution in [-0.2, 0) is 32.8 Å². The fourth-order valence-electron chi connectivity index (χ4n) is 5.34. The van der Waals surface area contributed by atoms with E-state index in [0.717, 1.165) is 48.2 Å². The number of anilines is 1. The Hall–Kier alpha value is -3.56. The van der Waals surface area contributed by atoms with Gasteiger partial charge in [0.1, 0.15) is 24.9 Å². The molecule has 1 N–H and O–H groups in total. The Morgan fingerprint density at radius 2 is 1.60 bits per heavy atom. The van der Waals surface area contributed by atoms with Crippen LogP contribution in [0, 0.1) is 0 Å². The van der Waals surface area contributed by atoms with Crippen molar-refractivity contribution in [3.8, 4) is 5.75 Å². The standard InChI is InChI=1S/C33H40ClN3O5S/c1-3-31(33(39)35-27-15-8-5-9-16-27)36(22-26-14-10-11-17-30(26)34)32(38)23-37(43(2,40)41)28-18-20-29(21-19-28)42-24-25-12-6-4-7-13-25/h4,6-7,10-14,17-21,27,31H,3,5,8-9,15-16,22-24H2,1-2H3,(H,35,39)/t31-/m1/s1. The quantitative estimate of drug-likeness (QED) is 0.254. The highest BCUT2D eigenvalue weighted by Crippen LogP contribution is 2.25. The Labute approximate surface area is 260 Å². The van der Waals surface area contributed by atoms with E-state index in [-0.39, 0.29) is 18.5 Å². The minimum Gasteiger partial charge on any atom is -0.489 e. The molecule has 0 aromatic heterocycles. The summed E-state index contributed by atoms with van der Waals surface area (Å²) in [4.78, 5) is 29.0. The second kappa shape index (κ2) is 15.3. The molecule has 0 aliphatic heterocycles. The summed E-state index contributed by atoms with van der Waals surface area (Å²) in [6.45, 7) is 1.81. The number of amides is 2. The molecule has 1 aliphatic carbocycles. The molecule has 0 radical (unpaired) electrons. The largest absolute Gasteiger partial charge is 0.489 e. The molecule has 3 aromatic carbocycles. The van der Waals surface area contributed by atoms with Gasteiger partial charge in [-0.3, -0.25) is 13.9 Å². The average molecular weight is 626 g/mol. The Morgan fingerprint density at radius 3 is 2.23 bits per heavy atom.